The van der Waals surface area contributed by atoms with Gasteiger partial charge in [0.15, 0.2) is 0 Å². The maximum atomic E-state index is 12.9. The summed E-state index contributed by atoms with van der Waals surface area (Å²) in [5.74, 6) is -0.856. The smallest absolute Gasteiger partial charge is 0.255 e. The Hall–Kier alpha value is -3.11. The van der Waals surface area contributed by atoms with Gasteiger partial charge in [-0.25, -0.2) is 0 Å². The van der Waals surface area contributed by atoms with Crippen molar-refractivity contribution in [3.63, 3.8) is 0 Å². The number of carbonyl (C=O) groups is 3. The molecule has 0 radical (unpaired) electrons. The average molecular weight is 411 g/mol. The zero-order chi connectivity index (χ0) is 21.3. The lowest BCUT2D eigenvalue weighted by Gasteiger charge is -2.29. The minimum Gasteiger partial charge on any atom is -0.326 e. The maximum Gasteiger partial charge on any atom is 0.255 e. The Morgan fingerprint density at radius 2 is 2.13 bits per heavy atom. The molecule has 2 atom stereocenters. The van der Waals surface area contributed by atoms with Gasteiger partial charge in [-0.3, -0.25) is 24.4 Å². The Morgan fingerprint density at radius 1 is 1.30 bits per heavy atom. The van der Waals surface area contributed by atoms with Crippen LogP contribution in [0.25, 0.3) is 0 Å². The first-order valence-electron chi connectivity index (χ1n) is 10.0. The first-order chi connectivity index (χ1) is 14.4. The molecule has 0 saturated carbocycles. The number of rotatable bonds is 7. The highest BCUT2D eigenvalue weighted by Gasteiger charge is 2.39. The molecule has 0 aliphatic carbocycles. The predicted molar refractivity (Wildman–Crippen MR) is 107 cm³/mol. The molecule has 1 aromatic carbocycles. The van der Waals surface area contributed by atoms with Crippen LogP contribution in [0.4, 0.5) is 0 Å². The third-order valence-corrected chi connectivity index (χ3v) is 5.36. The number of nitrogens with zero attached hydrogens (tertiary/aromatic N) is 4. The molecule has 10 nitrogen and oxygen atoms in total. The molecule has 1 unspecified atom stereocenters. The van der Waals surface area contributed by atoms with Gasteiger partial charge in [0, 0.05) is 43.9 Å². The van der Waals surface area contributed by atoms with Gasteiger partial charge in [0.1, 0.15) is 6.04 Å². The van der Waals surface area contributed by atoms with Crippen molar-refractivity contribution in [3.05, 3.63) is 46.8 Å². The van der Waals surface area contributed by atoms with Crippen molar-refractivity contribution >= 4 is 17.7 Å². The van der Waals surface area contributed by atoms with Crippen molar-refractivity contribution in [1.82, 2.24) is 30.5 Å². The fourth-order valence-corrected chi connectivity index (χ4v) is 3.94. The summed E-state index contributed by atoms with van der Waals surface area (Å²) >= 11 is 0. The molecule has 10 heteroatoms. The zero-order valence-electron chi connectivity index (χ0n) is 16.8. The van der Waals surface area contributed by atoms with Crippen LogP contribution in [0.3, 0.4) is 0 Å². The van der Waals surface area contributed by atoms with E-state index in [0.717, 1.165) is 16.8 Å². The van der Waals surface area contributed by atoms with Gasteiger partial charge >= 0.3 is 0 Å². The number of hydrogen-bond donors (Lipinski definition) is 3. The Kier molecular flexibility index (Phi) is 5.60. The third-order valence-electron chi connectivity index (χ3n) is 5.36. The topological polar surface area (TPSA) is 135 Å². The molecule has 4 rings (SSSR count). The molecular formula is C20H25N7O3. The number of fused-ring (bicyclic) bond motifs is 1. The van der Waals surface area contributed by atoms with Crippen LogP contribution in [-0.4, -0.2) is 49.7 Å². The number of benzene rings is 1. The summed E-state index contributed by atoms with van der Waals surface area (Å²) in [6, 6.07) is 5.00. The van der Waals surface area contributed by atoms with Crippen molar-refractivity contribution in [3.8, 4) is 0 Å². The molecule has 2 aliphatic rings. The quantitative estimate of drug-likeness (QED) is 0.531. The van der Waals surface area contributed by atoms with Crippen molar-refractivity contribution in [2.45, 2.75) is 58.0 Å². The Bertz CT molecular complexity index is 985. The van der Waals surface area contributed by atoms with E-state index in [-0.39, 0.29) is 24.3 Å². The summed E-state index contributed by atoms with van der Waals surface area (Å²) in [7, 11) is 0. The van der Waals surface area contributed by atoms with Crippen LogP contribution in [0.2, 0.25) is 0 Å². The number of carbonyl (C=O) groups excluding carboxylic acids is 3. The SMILES string of the molecule is C[C@H](N)Cn1cc(CNCc2cccc3c2CN(C2CCC(=O)NC2=O)C3=O)nn1. The van der Waals surface area contributed by atoms with Gasteiger partial charge in [0.2, 0.25) is 11.8 Å². The van der Waals surface area contributed by atoms with Gasteiger partial charge in [-0.15, -0.1) is 5.10 Å². The first-order valence-corrected chi connectivity index (χ1v) is 10.0. The zero-order valence-corrected chi connectivity index (χ0v) is 16.8. The van der Waals surface area contributed by atoms with Crippen LogP contribution in [-0.2, 0) is 35.8 Å². The number of nitrogens with one attached hydrogen (secondary N) is 2. The Morgan fingerprint density at radius 3 is 2.90 bits per heavy atom. The summed E-state index contributed by atoms with van der Waals surface area (Å²) in [5, 5.41) is 13.9. The molecule has 1 saturated heterocycles. The van der Waals surface area contributed by atoms with Crippen molar-refractivity contribution in [2.75, 3.05) is 0 Å². The monoisotopic (exact) mass is 411 g/mol. The minimum atomic E-state index is -0.608. The summed E-state index contributed by atoms with van der Waals surface area (Å²) in [6.45, 7) is 3.97. The lowest BCUT2D eigenvalue weighted by atomic mass is 10.0. The minimum absolute atomic E-state index is 0.00395. The van der Waals surface area contributed by atoms with E-state index in [9.17, 15) is 14.4 Å². The highest BCUT2D eigenvalue weighted by atomic mass is 16.2. The second-order valence-electron chi connectivity index (χ2n) is 7.86. The Labute approximate surface area is 173 Å². The number of aromatic nitrogens is 3. The van der Waals surface area contributed by atoms with Crippen LogP contribution in [0, 0.1) is 0 Å². The van der Waals surface area contributed by atoms with Crippen LogP contribution in [0.1, 0.15) is 46.9 Å². The van der Waals surface area contributed by atoms with Gasteiger partial charge < -0.3 is 16.0 Å². The molecule has 3 heterocycles. The number of amides is 3. The number of nitrogens with two attached hydrogens (primary N) is 1. The van der Waals surface area contributed by atoms with Crippen LogP contribution in [0.5, 0.6) is 0 Å². The van der Waals surface area contributed by atoms with Gasteiger partial charge in [0.05, 0.1) is 12.2 Å². The van der Waals surface area contributed by atoms with Gasteiger partial charge in [-0.05, 0) is 30.5 Å². The highest BCUT2D eigenvalue weighted by molar-refractivity contribution is 6.05. The molecule has 1 aromatic heterocycles. The molecular weight excluding hydrogens is 386 g/mol. The molecule has 4 N–H and O–H groups in total. The second-order valence-corrected chi connectivity index (χ2v) is 7.86. The van der Waals surface area contributed by atoms with Gasteiger partial charge in [-0.1, -0.05) is 17.3 Å². The maximum absolute atomic E-state index is 12.9. The molecule has 0 bridgehead atoms. The van der Waals surface area contributed by atoms with Crippen molar-refractivity contribution in [1.29, 1.82) is 0 Å². The molecule has 158 valence electrons. The van der Waals surface area contributed by atoms with Gasteiger partial charge in [-0.2, -0.15) is 0 Å². The fraction of sp³-hybridized carbons (Fsp3) is 0.450. The summed E-state index contributed by atoms with van der Waals surface area (Å²) in [5.41, 5.74) is 9.11. The molecule has 0 spiro atoms. The van der Waals surface area contributed by atoms with E-state index in [1.54, 1.807) is 15.6 Å². The normalized spacial score (nSPS) is 19.7. The summed E-state index contributed by atoms with van der Waals surface area (Å²) in [4.78, 5) is 38.1. The third kappa shape index (κ3) is 4.10. The van der Waals surface area contributed by atoms with Crippen LogP contribution < -0.4 is 16.4 Å². The molecule has 2 aromatic rings. The largest absolute Gasteiger partial charge is 0.326 e. The van der Waals surface area contributed by atoms with E-state index in [0.29, 0.717) is 38.2 Å². The molecule has 1 fully saturated rings. The van der Waals surface area contributed by atoms with Crippen LogP contribution in [0.15, 0.2) is 24.4 Å². The first kappa shape index (κ1) is 20.2. The highest BCUT2D eigenvalue weighted by Crippen LogP contribution is 2.29. The molecule has 2 aliphatic heterocycles. The number of hydrogen-bond acceptors (Lipinski definition) is 7. The second kappa shape index (κ2) is 8.33. The van der Waals surface area contributed by atoms with E-state index in [4.69, 9.17) is 5.73 Å². The molecule has 30 heavy (non-hydrogen) atoms. The van der Waals surface area contributed by atoms with E-state index in [2.05, 4.69) is 20.9 Å². The van der Waals surface area contributed by atoms with E-state index < -0.39 is 11.9 Å². The van der Waals surface area contributed by atoms with Gasteiger partial charge in [0.25, 0.3) is 5.91 Å². The van der Waals surface area contributed by atoms with Crippen molar-refractivity contribution < 1.29 is 14.4 Å². The van der Waals surface area contributed by atoms with Crippen LogP contribution >= 0.6 is 0 Å². The fourth-order valence-electron chi connectivity index (χ4n) is 3.94. The summed E-state index contributed by atoms with van der Waals surface area (Å²) < 4.78 is 1.72. The lowest BCUT2D eigenvalue weighted by molar-refractivity contribution is -0.136. The van der Waals surface area contributed by atoms with E-state index >= 15 is 0 Å². The predicted octanol–water partition coefficient (Wildman–Crippen LogP) is -0.324. The molecule has 3 amide bonds. The number of piperidine rings is 1. The van der Waals surface area contributed by atoms with E-state index in [1.165, 1.54) is 0 Å². The standard InChI is InChI=1S/C20H25N7O3/c1-12(21)9-26-10-14(24-25-26)8-22-7-13-3-2-4-15-16(13)11-27(20(15)30)17-5-6-18(28)23-19(17)29/h2-4,10,12,17,22H,5-9,11,21H2,1H3,(H,23,28,29)/t12-,17?/m0/s1. The summed E-state index contributed by atoms with van der Waals surface area (Å²) in [6.07, 6.45) is 2.46. The lowest BCUT2D eigenvalue weighted by Crippen LogP contribution is -2.52. The number of imide groups is 1. The average Bonchev–Trinajstić information content (AvgIpc) is 3.26. The van der Waals surface area contributed by atoms with E-state index in [1.807, 2.05) is 25.3 Å². The Balaban J connectivity index is 1.41. The van der Waals surface area contributed by atoms with Crippen molar-refractivity contribution in [2.24, 2.45) is 5.73 Å².